The monoisotopic (exact) mass is 200 g/mol. The third-order valence-corrected chi connectivity index (χ3v) is 2.91. The molecule has 15 heavy (non-hydrogen) atoms. The summed E-state index contributed by atoms with van der Waals surface area (Å²) >= 11 is 0. The smallest absolute Gasteiger partial charge is 0.0798 e. The van der Waals surface area contributed by atoms with Crippen molar-refractivity contribution in [1.82, 2.24) is 20.3 Å². The van der Waals surface area contributed by atoms with E-state index in [2.05, 4.69) is 39.9 Å². The van der Waals surface area contributed by atoms with Crippen LogP contribution in [0.15, 0.2) is 30.5 Å². The van der Waals surface area contributed by atoms with Crippen LogP contribution in [0.3, 0.4) is 0 Å². The molecule has 0 saturated carbocycles. The molecule has 4 nitrogen and oxygen atoms in total. The van der Waals surface area contributed by atoms with Crippen LogP contribution in [0.4, 0.5) is 0 Å². The van der Waals surface area contributed by atoms with E-state index in [1.807, 2.05) is 17.9 Å². The van der Waals surface area contributed by atoms with E-state index < -0.39 is 0 Å². The van der Waals surface area contributed by atoms with Gasteiger partial charge in [-0.15, -0.1) is 5.10 Å². The van der Waals surface area contributed by atoms with Gasteiger partial charge >= 0.3 is 0 Å². The molecule has 1 unspecified atom stereocenters. The van der Waals surface area contributed by atoms with Gasteiger partial charge in [0, 0.05) is 13.6 Å². The molecular weight excluding hydrogens is 188 g/mol. The van der Waals surface area contributed by atoms with Crippen LogP contribution in [0.2, 0.25) is 0 Å². The van der Waals surface area contributed by atoms with Crippen molar-refractivity contribution in [2.75, 3.05) is 0 Å². The first-order valence-corrected chi connectivity index (χ1v) is 5.02. The van der Waals surface area contributed by atoms with Crippen molar-refractivity contribution in [3.05, 3.63) is 47.3 Å². The average Bonchev–Trinajstić information content (AvgIpc) is 2.83. The standard InChI is InChI=1S/C11H12N4/c1-15-10(7-13-14-15)11-9-5-3-2-4-8(9)6-12-11/h2-5,7,11-12H,6H2,1H3. The van der Waals surface area contributed by atoms with E-state index in [-0.39, 0.29) is 6.04 Å². The minimum atomic E-state index is 0.237. The average molecular weight is 200 g/mol. The van der Waals surface area contributed by atoms with Gasteiger partial charge in [0.25, 0.3) is 0 Å². The van der Waals surface area contributed by atoms with Crippen molar-refractivity contribution in [2.45, 2.75) is 12.6 Å². The zero-order valence-electron chi connectivity index (χ0n) is 8.51. The van der Waals surface area contributed by atoms with Crippen molar-refractivity contribution >= 4 is 0 Å². The van der Waals surface area contributed by atoms with E-state index in [0.29, 0.717) is 0 Å². The number of aryl methyl sites for hydroxylation is 1. The molecule has 1 atom stereocenters. The molecule has 0 bridgehead atoms. The van der Waals surface area contributed by atoms with E-state index in [1.54, 1.807) is 0 Å². The van der Waals surface area contributed by atoms with E-state index in [9.17, 15) is 0 Å². The first-order chi connectivity index (χ1) is 7.36. The summed E-state index contributed by atoms with van der Waals surface area (Å²) in [5.41, 5.74) is 3.81. The molecule has 1 aromatic carbocycles. The maximum absolute atomic E-state index is 3.96. The summed E-state index contributed by atoms with van der Waals surface area (Å²) in [6.07, 6.45) is 1.82. The topological polar surface area (TPSA) is 42.7 Å². The molecule has 0 fully saturated rings. The van der Waals surface area contributed by atoms with Gasteiger partial charge in [-0.05, 0) is 11.1 Å². The molecule has 3 rings (SSSR count). The van der Waals surface area contributed by atoms with Crippen molar-refractivity contribution in [1.29, 1.82) is 0 Å². The minimum absolute atomic E-state index is 0.237. The molecule has 2 aromatic rings. The van der Waals surface area contributed by atoms with E-state index in [1.165, 1.54) is 11.1 Å². The number of benzene rings is 1. The molecule has 0 radical (unpaired) electrons. The summed E-state index contributed by atoms with van der Waals surface area (Å²) in [5.74, 6) is 0. The normalized spacial score (nSPS) is 19.1. The fourth-order valence-electron chi connectivity index (χ4n) is 2.12. The second-order valence-electron chi connectivity index (χ2n) is 3.80. The van der Waals surface area contributed by atoms with Gasteiger partial charge in [-0.1, -0.05) is 29.5 Å². The van der Waals surface area contributed by atoms with Crippen LogP contribution in [0.1, 0.15) is 22.9 Å². The molecule has 0 saturated heterocycles. The number of hydrogen-bond acceptors (Lipinski definition) is 3. The van der Waals surface area contributed by atoms with E-state index in [0.717, 1.165) is 12.2 Å². The number of rotatable bonds is 1. The summed E-state index contributed by atoms with van der Waals surface area (Å²) in [7, 11) is 1.92. The molecular formula is C11H12N4. The molecule has 1 N–H and O–H groups in total. The van der Waals surface area contributed by atoms with Gasteiger partial charge in [0.1, 0.15) is 0 Å². The Morgan fingerprint density at radius 1 is 1.40 bits per heavy atom. The Bertz CT molecular complexity index is 489. The predicted molar refractivity (Wildman–Crippen MR) is 56.1 cm³/mol. The fourth-order valence-corrected chi connectivity index (χ4v) is 2.12. The van der Waals surface area contributed by atoms with Crippen molar-refractivity contribution in [3.8, 4) is 0 Å². The first kappa shape index (κ1) is 8.61. The largest absolute Gasteiger partial charge is 0.301 e. The number of nitrogens with one attached hydrogen (secondary N) is 1. The highest BCUT2D eigenvalue weighted by atomic mass is 15.4. The molecule has 1 aromatic heterocycles. The lowest BCUT2D eigenvalue weighted by molar-refractivity contribution is 0.590. The lowest BCUT2D eigenvalue weighted by atomic mass is 10.0. The van der Waals surface area contributed by atoms with E-state index in [4.69, 9.17) is 0 Å². The molecule has 2 heterocycles. The number of fused-ring (bicyclic) bond motifs is 1. The van der Waals surface area contributed by atoms with Crippen LogP contribution in [0.25, 0.3) is 0 Å². The molecule has 4 heteroatoms. The Balaban J connectivity index is 2.08. The van der Waals surface area contributed by atoms with Crippen LogP contribution in [0, 0.1) is 0 Å². The third kappa shape index (κ3) is 1.26. The molecule has 0 spiro atoms. The molecule has 1 aliphatic rings. The quantitative estimate of drug-likeness (QED) is 0.747. The van der Waals surface area contributed by atoms with Crippen LogP contribution in [0.5, 0.6) is 0 Å². The number of hydrogen-bond donors (Lipinski definition) is 1. The minimum Gasteiger partial charge on any atom is -0.301 e. The van der Waals surface area contributed by atoms with Gasteiger partial charge in [0.15, 0.2) is 0 Å². The third-order valence-electron chi connectivity index (χ3n) is 2.91. The first-order valence-electron chi connectivity index (χ1n) is 5.02. The van der Waals surface area contributed by atoms with Crippen LogP contribution < -0.4 is 5.32 Å². The van der Waals surface area contributed by atoms with Gasteiger partial charge in [0.2, 0.25) is 0 Å². The Kier molecular flexibility index (Phi) is 1.82. The van der Waals surface area contributed by atoms with E-state index >= 15 is 0 Å². The van der Waals surface area contributed by atoms with Gasteiger partial charge in [-0.25, -0.2) is 0 Å². The van der Waals surface area contributed by atoms with Gasteiger partial charge in [-0.3, -0.25) is 4.68 Å². The zero-order valence-corrected chi connectivity index (χ0v) is 8.51. The van der Waals surface area contributed by atoms with Crippen LogP contribution in [-0.4, -0.2) is 15.0 Å². The second-order valence-corrected chi connectivity index (χ2v) is 3.80. The highest BCUT2D eigenvalue weighted by Crippen LogP contribution is 2.29. The lowest BCUT2D eigenvalue weighted by Gasteiger charge is -2.11. The molecule has 1 aliphatic heterocycles. The maximum atomic E-state index is 3.96. The lowest BCUT2D eigenvalue weighted by Crippen LogP contribution is -2.16. The van der Waals surface area contributed by atoms with Crippen molar-refractivity contribution in [2.24, 2.45) is 7.05 Å². The molecule has 0 aliphatic carbocycles. The van der Waals surface area contributed by atoms with Crippen molar-refractivity contribution < 1.29 is 0 Å². The van der Waals surface area contributed by atoms with Crippen LogP contribution in [-0.2, 0) is 13.6 Å². The molecule has 0 amide bonds. The summed E-state index contributed by atoms with van der Waals surface area (Å²) in [5, 5.41) is 11.3. The summed E-state index contributed by atoms with van der Waals surface area (Å²) < 4.78 is 1.82. The number of nitrogens with zero attached hydrogens (tertiary/aromatic N) is 3. The summed E-state index contributed by atoms with van der Waals surface area (Å²) in [6, 6.07) is 8.70. The SMILES string of the molecule is Cn1nncc1C1NCc2ccccc21. The highest BCUT2D eigenvalue weighted by molar-refractivity contribution is 5.38. The second kappa shape index (κ2) is 3.17. The molecule has 76 valence electrons. The number of aromatic nitrogens is 3. The van der Waals surface area contributed by atoms with Gasteiger partial charge < -0.3 is 5.32 Å². The van der Waals surface area contributed by atoms with Gasteiger partial charge in [-0.2, -0.15) is 0 Å². The Hall–Kier alpha value is -1.68. The fraction of sp³-hybridized carbons (Fsp3) is 0.273. The van der Waals surface area contributed by atoms with Crippen LogP contribution >= 0.6 is 0 Å². The maximum Gasteiger partial charge on any atom is 0.0798 e. The van der Waals surface area contributed by atoms with Gasteiger partial charge in [0.05, 0.1) is 17.9 Å². The predicted octanol–water partition coefficient (Wildman–Crippen LogP) is 1.01. The summed E-state index contributed by atoms with van der Waals surface area (Å²) in [4.78, 5) is 0. The Morgan fingerprint density at radius 2 is 2.27 bits per heavy atom. The Labute approximate surface area is 87.9 Å². The Morgan fingerprint density at radius 3 is 3.07 bits per heavy atom. The zero-order chi connectivity index (χ0) is 10.3. The van der Waals surface area contributed by atoms with Crippen molar-refractivity contribution in [3.63, 3.8) is 0 Å². The summed E-state index contributed by atoms with van der Waals surface area (Å²) in [6.45, 7) is 0.923. The highest BCUT2D eigenvalue weighted by Gasteiger charge is 2.25.